The molecule has 0 spiro atoms. The van der Waals surface area contributed by atoms with Crippen molar-refractivity contribution >= 4 is 15.9 Å². The van der Waals surface area contributed by atoms with Gasteiger partial charge in [0.15, 0.2) is 0 Å². The Bertz CT molecular complexity index is 582. The van der Waals surface area contributed by atoms with E-state index in [0.717, 1.165) is 27.2 Å². The molecule has 0 amide bonds. The van der Waals surface area contributed by atoms with Crippen LogP contribution in [0.2, 0.25) is 0 Å². The number of rotatable bonds is 3. The summed E-state index contributed by atoms with van der Waals surface area (Å²) in [5, 5.41) is 0. The number of aromatic amines is 1. The molecule has 0 radical (unpaired) electrons. The van der Waals surface area contributed by atoms with Gasteiger partial charge in [-0.15, -0.1) is 0 Å². The number of nitrogens with zero attached hydrogens (tertiary/aromatic N) is 1. The van der Waals surface area contributed by atoms with Crippen molar-refractivity contribution in [2.45, 2.75) is 12.3 Å². The number of imidazole rings is 1. The third kappa shape index (κ3) is 2.12. The molecule has 100 valence electrons. The van der Waals surface area contributed by atoms with Crippen LogP contribution in [0.25, 0.3) is 11.3 Å². The SMILES string of the molecule is Cc1[nH]c(C2(CN)COC2)nc1-c1ccc(Br)cc1. The Morgan fingerprint density at radius 1 is 1.37 bits per heavy atom. The Labute approximate surface area is 120 Å². The summed E-state index contributed by atoms with van der Waals surface area (Å²) in [6.07, 6.45) is 0. The molecule has 0 bridgehead atoms. The molecule has 2 aromatic rings. The van der Waals surface area contributed by atoms with Gasteiger partial charge in [-0.1, -0.05) is 28.1 Å². The number of H-pyrrole nitrogens is 1. The maximum Gasteiger partial charge on any atom is 0.119 e. The first-order valence-electron chi connectivity index (χ1n) is 6.25. The lowest BCUT2D eigenvalue weighted by Gasteiger charge is -2.38. The van der Waals surface area contributed by atoms with Crippen molar-refractivity contribution in [1.82, 2.24) is 9.97 Å². The predicted octanol–water partition coefficient (Wildman–Crippen LogP) is 2.37. The highest BCUT2D eigenvalue weighted by molar-refractivity contribution is 9.10. The second-order valence-electron chi connectivity index (χ2n) is 5.04. The van der Waals surface area contributed by atoms with Crippen molar-refractivity contribution in [2.24, 2.45) is 5.73 Å². The number of hydrogen-bond acceptors (Lipinski definition) is 3. The number of nitrogens with two attached hydrogens (primary N) is 1. The summed E-state index contributed by atoms with van der Waals surface area (Å²) in [5.74, 6) is 0.941. The van der Waals surface area contributed by atoms with Crippen LogP contribution in [-0.4, -0.2) is 29.7 Å². The Kier molecular flexibility index (Phi) is 3.20. The third-order valence-electron chi connectivity index (χ3n) is 3.65. The highest BCUT2D eigenvalue weighted by Crippen LogP contribution is 2.32. The fourth-order valence-corrected chi connectivity index (χ4v) is 2.56. The van der Waals surface area contributed by atoms with E-state index in [2.05, 4.69) is 33.0 Å². The number of aryl methyl sites for hydroxylation is 1. The highest BCUT2D eigenvalue weighted by atomic mass is 79.9. The molecule has 19 heavy (non-hydrogen) atoms. The molecule has 5 heteroatoms. The van der Waals surface area contributed by atoms with Gasteiger partial charge in [0.1, 0.15) is 5.82 Å². The fraction of sp³-hybridized carbons (Fsp3) is 0.357. The number of benzene rings is 1. The fourth-order valence-electron chi connectivity index (χ4n) is 2.30. The Balaban J connectivity index is 2.00. The molecule has 2 heterocycles. The Hall–Kier alpha value is -1.17. The zero-order valence-corrected chi connectivity index (χ0v) is 12.3. The van der Waals surface area contributed by atoms with Crippen molar-refractivity contribution in [2.75, 3.05) is 19.8 Å². The summed E-state index contributed by atoms with van der Waals surface area (Å²) in [6.45, 7) is 3.89. The minimum absolute atomic E-state index is 0.127. The van der Waals surface area contributed by atoms with Crippen LogP contribution < -0.4 is 5.73 Å². The van der Waals surface area contributed by atoms with Crippen LogP contribution in [0.15, 0.2) is 28.7 Å². The van der Waals surface area contributed by atoms with E-state index in [-0.39, 0.29) is 5.41 Å². The van der Waals surface area contributed by atoms with Gasteiger partial charge < -0.3 is 15.5 Å². The number of hydrogen-bond donors (Lipinski definition) is 2. The molecule has 3 rings (SSSR count). The third-order valence-corrected chi connectivity index (χ3v) is 4.18. The molecule has 1 aromatic carbocycles. The van der Waals surface area contributed by atoms with Gasteiger partial charge in [-0.2, -0.15) is 0 Å². The van der Waals surface area contributed by atoms with E-state index in [1.54, 1.807) is 0 Å². The maximum absolute atomic E-state index is 5.87. The second kappa shape index (κ2) is 4.74. The molecule has 0 aliphatic carbocycles. The molecular formula is C14H16BrN3O. The van der Waals surface area contributed by atoms with Crippen LogP contribution >= 0.6 is 15.9 Å². The summed E-state index contributed by atoms with van der Waals surface area (Å²) in [4.78, 5) is 8.11. The lowest BCUT2D eigenvalue weighted by molar-refractivity contribution is -0.0590. The average Bonchev–Trinajstić information content (AvgIpc) is 2.72. The van der Waals surface area contributed by atoms with Crippen molar-refractivity contribution in [3.8, 4) is 11.3 Å². The van der Waals surface area contributed by atoms with E-state index < -0.39 is 0 Å². The van der Waals surface area contributed by atoms with Crippen LogP contribution in [-0.2, 0) is 10.2 Å². The van der Waals surface area contributed by atoms with Gasteiger partial charge in [-0.3, -0.25) is 0 Å². The average molecular weight is 322 g/mol. The molecule has 0 saturated carbocycles. The van der Waals surface area contributed by atoms with Gasteiger partial charge >= 0.3 is 0 Å². The lowest BCUT2D eigenvalue weighted by atomic mass is 9.85. The first-order valence-corrected chi connectivity index (χ1v) is 7.05. The second-order valence-corrected chi connectivity index (χ2v) is 5.96. The largest absolute Gasteiger partial charge is 0.379 e. The van der Waals surface area contributed by atoms with Crippen LogP contribution in [0, 0.1) is 6.92 Å². The normalized spacial score (nSPS) is 17.2. The lowest BCUT2D eigenvalue weighted by Crippen LogP contribution is -2.53. The van der Waals surface area contributed by atoms with E-state index in [1.165, 1.54) is 0 Å². The van der Waals surface area contributed by atoms with Crippen molar-refractivity contribution in [1.29, 1.82) is 0 Å². The monoisotopic (exact) mass is 321 g/mol. The van der Waals surface area contributed by atoms with Crippen molar-refractivity contribution in [3.63, 3.8) is 0 Å². The van der Waals surface area contributed by atoms with Crippen LogP contribution in [0.3, 0.4) is 0 Å². The molecular weight excluding hydrogens is 306 g/mol. The van der Waals surface area contributed by atoms with Gasteiger partial charge in [-0.05, 0) is 19.1 Å². The first kappa shape index (κ1) is 12.8. The van der Waals surface area contributed by atoms with Crippen LogP contribution in [0.1, 0.15) is 11.5 Å². The van der Waals surface area contributed by atoms with Gasteiger partial charge in [0.25, 0.3) is 0 Å². The van der Waals surface area contributed by atoms with E-state index in [0.29, 0.717) is 19.8 Å². The summed E-state index contributed by atoms with van der Waals surface area (Å²) in [5.41, 5.74) is 8.91. The Morgan fingerprint density at radius 2 is 2.05 bits per heavy atom. The van der Waals surface area contributed by atoms with Crippen molar-refractivity contribution < 1.29 is 4.74 Å². The van der Waals surface area contributed by atoms with Crippen molar-refractivity contribution in [3.05, 3.63) is 40.3 Å². The number of aromatic nitrogens is 2. The van der Waals surface area contributed by atoms with Gasteiger partial charge in [0.05, 0.1) is 24.3 Å². The van der Waals surface area contributed by atoms with E-state index in [1.807, 2.05) is 19.1 Å². The summed E-state index contributed by atoms with van der Waals surface area (Å²) in [7, 11) is 0. The van der Waals surface area contributed by atoms with Gasteiger partial charge in [-0.25, -0.2) is 4.98 Å². The van der Waals surface area contributed by atoms with E-state index in [4.69, 9.17) is 15.5 Å². The maximum atomic E-state index is 5.87. The number of ether oxygens (including phenoxy) is 1. The first-order chi connectivity index (χ1) is 9.14. The van der Waals surface area contributed by atoms with E-state index in [9.17, 15) is 0 Å². The van der Waals surface area contributed by atoms with Crippen LogP contribution in [0.4, 0.5) is 0 Å². The van der Waals surface area contributed by atoms with E-state index >= 15 is 0 Å². The quantitative estimate of drug-likeness (QED) is 0.912. The molecule has 0 unspecified atom stereocenters. The Morgan fingerprint density at radius 3 is 2.58 bits per heavy atom. The molecule has 1 aliphatic heterocycles. The molecule has 1 saturated heterocycles. The molecule has 1 aromatic heterocycles. The summed E-state index contributed by atoms with van der Waals surface area (Å²) < 4.78 is 6.37. The minimum atomic E-state index is -0.127. The van der Waals surface area contributed by atoms with Gasteiger partial charge in [0, 0.05) is 22.3 Å². The summed E-state index contributed by atoms with van der Waals surface area (Å²) in [6, 6.07) is 8.16. The predicted molar refractivity (Wildman–Crippen MR) is 78.0 cm³/mol. The standard InChI is InChI=1S/C14H16BrN3O/c1-9-12(10-2-4-11(15)5-3-10)18-13(17-9)14(6-16)7-19-8-14/h2-5H,6-8,16H2,1H3,(H,17,18). The zero-order chi connectivity index (χ0) is 13.5. The molecule has 4 nitrogen and oxygen atoms in total. The minimum Gasteiger partial charge on any atom is -0.379 e. The molecule has 1 aliphatic rings. The molecule has 3 N–H and O–H groups in total. The van der Waals surface area contributed by atoms with Gasteiger partial charge in [0.2, 0.25) is 0 Å². The zero-order valence-electron chi connectivity index (χ0n) is 10.7. The number of nitrogens with one attached hydrogen (secondary N) is 1. The molecule has 0 atom stereocenters. The number of halogens is 1. The highest BCUT2D eigenvalue weighted by Gasteiger charge is 2.42. The molecule has 1 fully saturated rings. The topological polar surface area (TPSA) is 63.9 Å². The summed E-state index contributed by atoms with van der Waals surface area (Å²) >= 11 is 3.44. The van der Waals surface area contributed by atoms with Crippen LogP contribution in [0.5, 0.6) is 0 Å². The smallest absolute Gasteiger partial charge is 0.119 e.